The molecule has 20 heteroatoms. The van der Waals surface area contributed by atoms with Crippen molar-refractivity contribution >= 4 is 57.9 Å². The quantitative estimate of drug-likeness (QED) is 0.0372. The molecule has 4 aliphatic rings. The Hall–Kier alpha value is -7.06. The van der Waals surface area contributed by atoms with Crippen molar-refractivity contribution in [3.63, 3.8) is 0 Å². The summed E-state index contributed by atoms with van der Waals surface area (Å²) >= 11 is 1.40. The van der Waals surface area contributed by atoms with Gasteiger partial charge in [-0.2, -0.15) is 5.10 Å². The van der Waals surface area contributed by atoms with Crippen molar-refractivity contribution in [2.75, 3.05) is 51.7 Å². The Morgan fingerprint density at radius 2 is 1.65 bits per heavy atom. The van der Waals surface area contributed by atoms with Crippen molar-refractivity contribution < 1.29 is 33.1 Å². The summed E-state index contributed by atoms with van der Waals surface area (Å²) in [5.74, 6) is 0.237. The highest BCUT2D eigenvalue weighted by Crippen LogP contribution is 2.41. The van der Waals surface area contributed by atoms with Crippen LogP contribution in [0.25, 0.3) is 16.9 Å². The Balaban J connectivity index is 0.628. The van der Waals surface area contributed by atoms with E-state index >= 15 is 4.39 Å². The smallest absolute Gasteiger partial charge is 0.254 e. The second-order valence-corrected chi connectivity index (χ2v) is 21.9. The molecule has 0 radical (unpaired) electrons. The topological polar surface area (TPSA) is 212 Å². The highest BCUT2D eigenvalue weighted by Gasteiger charge is 2.40. The lowest BCUT2D eigenvalue weighted by molar-refractivity contribution is -0.139. The number of piperazine rings is 1. The maximum absolute atomic E-state index is 15.7. The van der Waals surface area contributed by atoms with Gasteiger partial charge in [-0.1, -0.05) is 50.7 Å². The summed E-state index contributed by atoms with van der Waals surface area (Å²) < 4.78 is 23.7. The minimum Gasteiger partial charge on any atom is -0.494 e. The highest BCUT2D eigenvalue weighted by molar-refractivity contribution is 7.10. The zero-order valence-electron chi connectivity index (χ0n) is 44.0. The molecule has 3 atom stereocenters. The number of H-pyrrole nitrogens is 1. The average Bonchev–Trinajstić information content (AvgIpc) is 3.92. The molecule has 77 heavy (non-hydrogen) atoms. The SMILES string of the molecule is CN[C@@H](C)C(=O)NC(C(=O)N1CCC[C@H]1c1nc(C(=O)c2cccc(OCCCCCCCC(=O)N3CCN(C(=O)c4ccc(Nc5nc(C6CC6)cn6c(-c7cn[nH]c7)cnc56)c(F)c4)CC3)c2)cs1)C1CCCCC1. The number of amides is 4. The van der Waals surface area contributed by atoms with Gasteiger partial charge < -0.3 is 35.4 Å². The van der Waals surface area contributed by atoms with Crippen LogP contribution in [-0.2, 0) is 14.4 Å². The van der Waals surface area contributed by atoms with Gasteiger partial charge in [0.15, 0.2) is 11.5 Å². The minimum absolute atomic E-state index is 0.0605. The second kappa shape index (κ2) is 24.5. The van der Waals surface area contributed by atoms with Gasteiger partial charge in [0.2, 0.25) is 23.5 Å². The lowest BCUT2D eigenvalue weighted by Gasteiger charge is -2.35. The zero-order chi connectivity index (χ0) is 53.4. The lowest BCUT2D eigenvalue weighted by Crippen LogP contribution is -2.55. The fourth-order valence-corrected chi connectivity index (χ4v) is 11.8. The summed E-state index contributed by atoms with van der Waals surface area (Å²) in [4.78, 5) is 87.2. The summed E-state index contributed by atoms with van der Waals surface area (Å²) in [6, 6.07) is 10.3. The van der Waals surface area contributed by atoms with Gasteiger partial charge in [-0.25, -0.2) is 19.3 Å². The molecule has 6 aromatic rings. The van der Waals surface area contributed by atoms with E-state index in [4.69, 9.17) is 14.7 Å². The van der Waals surface area contributed by atoms with E-state index in [1.165, 1.54) is 17.4 Å². The number of aromatic nitrogens is 6. The fraction of sp³-hybridized carbons (Fsp3) is 0.491. The molecule has 4 fully saturated rings. The number of likely N-dealkylation sites (N-methyl/N-ethyl adjacent to an activating group) is 1. The van der Waals surface area contributed by atoms with Crippen LogP contribution in [0.2, 0.25) is 0 Å². The largest absolute Gasteiger partial charge is 0.494 e. The number of anilines is 2. The van der Waals surface area contributed by atoms with Crippen molar-refractivity contribution in [2.24, 2.45) is 5.92 Å². The van der Waals surface area contributed by atoms with E-state index in [1.54, 1.807) is 73.2 Å². The Kier molecular flexibility index (Phi) is 17.0. The number of unbranched alkanes of at least 4 members (excludes halogenated alkanes) is 4. The molecule has 2 aliphatic heterocycles. The van der Waals surface area contributed by atoms with Gasteiger partial charge >= 0.3 is 0 Å². The number of ether oxygens (including phenoxy) is 1. The van der Waals surface area contributed by atoms with E-state index in [0.717, 1.165) is 112 Å². The first-order valence-electron chi connectivity index (χ1n) is 27.5. The Morgan fingerprint density at radius 1 is 0.857 bits per heavy atom. The van der Waals surface area contributed by atoms with E-state index < -0.39 is 17.9 Å². The summed E-state index contributed by atoms with van der Waals surface area (Å²) in [5.41, 5.74) is 4.40. The van der Waals surface area contributed by atoms with Crippen LogP contribution >= 0.6 is 11.3 Å². The first-order chi connectivity index (χ1) is 37.5. The van der Waals surface area contributed by atoms with Crippen molar-refractivity contribution in [3.8, 4) is 17.0 Å². The number of aromatic amines is 1. The number of benzene rings is 2. The zero-order valence-corrected chi connectivity index (χ0v) is 44.8. The molecule has 4 N–H and O–H groups in total. The van der Waals surface area contributed by atoms with Crippen LogP contribution in [0.15, 0.2) is 72.6 Å². The molecule has 4 amide bonds. The number of carbonyl (C=O) groups is 5. The standard InChI is InChI=1S/C57H69FN12O6S/c1-36(59-2)54(73)66-50(38-13-7-6-8-14-38)57(75)69-23-12-17-47(69)55-65-46(35-77-55)51(72)39-15-11-16-42(29-39)76-28-10-5-3-4-9-18-49(71)67-24-26-68(27-25-67)56(74)40-21-22-44(43(58)30-40)63-52-53-60-33-48(41-31-61-62-32-41)70(53)34-45(64-52)37-19-20-37/h11,15-16,21-22,29-38,47,50,59H,3-10,12-14,17-20,23-28H2,1-2H3,(H,61,62)(H,63,64)(H,66,73)/t36-,47-,50?/m0/s1. The van der Waals surface area contributed by atoms with Crippen LogP contribution in [0, 0.1) is 11.7 Å². The average molecular weight is 1070 g/mol. The van der Waals surface area contributed by atoms with E-state index in [-0.39, 0.29) is 52.6 Å². The number of thiazole rings is 1. The van der Waals surface area contributed by atoms with Crippen molar-refractivity contribution in [1.82, 2.24) is 54.9 Å². The number of likely N-dealkylation sites (tertiary alicyclic amines) is 1. The van der Waals surface area contributed by atoms with Crippen LogP contribution in [0.3, 0.4) is 0 Å². The van der Waals surface area contributed by atoms with Gasteiger partial charge in [-0.05, 0) is 102 Å². The molecule has 0 spiro atoms. The number of rotatable bonds is 22. The van der Waals surface area contributed by atoms with E-state index in [0.29, 0.717) is 80.1 Å². The number of fused-ring (bicyclic) bond motifs is 1. The Bertz CT molecular complexity index is 3050. The van der Waals surface area contributed by atoms with Gasteiger partial charge in [-0.3, -0.25) is 33.5 Å². The maximum atomic E-state index is 15.7. The molecule has 2 saturated heterocycles. The van der Waals surface area contributed by atoms with E-state index in [1.807, 2.05) is 26.5 Å². The molecule has 18 nitrogen and oxygen atoms in total. The van der Waals surface area contributed by atoms with Crippen LogP contribution < -0.4 is 20.7 Å². The number of nitrogens with one attached hydrogen (secondary N) is 4. The molecule has 2 aromatic carbocycles. The molecule has 6 heterocycles. The third-order valence-corrected chi connectivity index (χ3v) is 16.6. The Morgan fingerprint density at radius 3 is 2.42 bits per heavy atom. The molecule has 406 valence electrons. The number of hydrogen-bond acceptors (Lipinski definition) is 13. The predicted octanol–water partition coefficient (Wildman–Crippen LogP) is 8.61. The normalized spacial score (nSPS) is 17.9. The van der Waals surface area contributed by atoms with Gasteiger partial charge in [-0.15, -0.1) is 11.3 Å². The first-order valence-corrected chi connectivity index (χ1v) is 28.4. The fourth-order valence-electron chi connectivity index (χ4n) is 10.9. The number of carbonyl (C=O) groups excluding carboxylic acids is 5. The van der Waals surface area contributed by atoms with E-state index in [9.17, 15) is 24.0 Å². The van der Waals surface area contributed by atoms with E-state index in [2.05, 4.69) is 31.1 Å². The molecule has 1 unspecified atom stereocenters. The number of halogens is 1. The minimum atomic E-state index is -0.586. The number of nitrogens with zero attached hydrogens (tertiary/aromatic N) is 8. The van der Waals surface area contributed by atoms with Crippen molar-refractivity contribution in [3.05, 3.63) is 106 Å². The molecule has 10 rings (SSSR count). The number of hydrogen-bond donors (Lipinski definition) is 4. The van der Waals surface area contributed by atoms with Crippen molar-refractivity contribution in [1.29, 1.82) is 0 Å². The molecule has 2 aliphatic carbocycles. The Labute approximate surface area is 452 Å². The maximum Gasteiger partial charge on any atom is 0.254 e. The van der Waals surface area contributed by atoms with Gasteiger partial charge in [0.05, 0.1) is 48.2 Å². The monoisotopic (exact) mass is 1070 g/mol. The van der Waals surface area contributed by atoms with Crippen molar-refractivity contribution in [2.45, 2.75) is 127 Å². The first kappa shape index (κ1) is 53.3. The molecular formula is C57H69FN12O6S. The predicted molar refractivity (Wildman–Crippen MR) is 291 cm³/mol. The van der Waals surface area contributed by atoms with Crippen LogP contribution in [0.5, 0.6) is 5.75 Å². The molecule has 2 saturated carbocycles. The van der Waals surface area contributed by atoms with Gasteiger partial charge in [0.1, 0.15) is 28.3 Å². The van der Waals surface area contributed by atoms with Crippen LogP contribution in [0.1, 0.15) is 152 Å². The second-order valence-electron chi connectivity index (χ2n) is 21.0. The summed E-state index contributed by atoms with van der Waals surface area (Å²) in [6.45, 7) is 4.46. The van der Waals surface area contributed by atoms with Crippen LogP contribution in [-0.4, -0.2) is 132 Å². The number of imidazole rings is 1. The number of ketones is 1. The van der Waals surface area contributed by atoms with Gasteiger partial charge in [0.25, 0.3) is 5.91 Å². The third-order valence-electron chi connectivity index (χ3n) is 15.7. The summed E-state index contributed by atoms with van der Waals surface area (Å²) in [6.07, 6.45) is 20.8. The third kappa shape index (κ3) is 12.5. The van der Waals surface area contributed by atoms with Crippen LogP contribution in [0.4, 0.5) is 15.9 Å². The molecule has 0 bridgehead atoms. The molecular weight excluding hydrogens is 1000 g/mol. The molecule has 4 aromatic heterocycles. The summed E-state index contributed by atoms with van der Waals surface area (Å²) in [7, 11) is 1.74. The summed E-state index contributed by atoms with van der Waals surface area (Å²) in [5, 5.41) is 18.6. The lowest BCUT2D eigenvalue weighted by atomic mass is 9.83. The highest BCUT2D eigenvalue weighted by atomic mass is 32.1. The van der Waals surface area contributed by atoms with Gasteiger partial charge in [0, 0.05) is 79.5 Å².